The number of nitrogens with zero attached hydrogens (tertiary/aromatic N) is 2. The molecule has 1 aromatic heterocycles. The molecule has 1 heterocycles. The van der Waals surface area contributed by atoms with Crippen LogP contribution in [0.4, 0.5) is 19.0 Å². The maximum atomic E-state index is 12.7. The molecule has 1 aromatic rings. The normalized spacial score (nSPS) is 12.6. The van der Waals surface area contributed by atoms with Gasteiger partial charge in [0.1, 0.15) is 11.3 Å². The van der Waals surface area contributed by atoms with Gasteiger partial charge in [-0.2, -0.15) is 18.3 Å². The third kappa shape index (κ3) is 3.27. The van der Waals surface area contributed by atoms with Crippen LogP contribution in [0.3, 0.4) is 0 Å². The van der Waals surface area contributed by atoms with Gasteiger partial charge in [0.2, 0.25) is 0 Å². The average Bonchev–Trinajstić information content (AvgIpc) is 2.28. The number of carboxylic acids is 1. The van der Waals surface area contributed by atoms with E-state index in [9.17, 15) is 18.0 Å². The van der Waals surface area contributed by atoms with Gasteiger partial charge in [-0.05, 0) is 12.1 Å². The van der Waals surface area contributed by atoms with E-state index in [0.717, 1.165) is 0 Å². The lowest BCUT2D eigenvalue weighted by Crippen LogP contribution is -2.25. The van der Waals surface area contributed by atoms with E-state index in [-0.39, 0.29) is 12.0 Å². The second kappa shape index (κ2) is 5.25. The Morgan fingerprint density at radius 1 is 1.50 bits per heavy atom. The topological polar surface area (TPSA) is 99.0 Å². The Labute approximate surface area is 98.7 Å². The van der Waals surface area contributed by atoms with Gasteiger partial charge in [0, 0.05) is 12.4 Å². The first-order valence-corrected chi connectivity index (χ1v) is 4.46. The molecule has 0 fully saturated rings. The Hall–Kier alpha value is -2.45. The number of aliphatic carboxylic acids is 1. The fourth-order valence-corrected chi connectivity index (χ4v) is 1.03. The number of aromatic nitrogens is 2. The molecule has 0 saturated carbocycles. The van der Waals surface area contributed by atoms with Crippen molar-refractivity contribution in [3.8, 4) is 0 Å². The summed E-state index contributed by atoms with van der Waals surface area (Å²) in [6.07, 6.45) is -3.60. The van der Waals surface area contributed by atoms with Crippen LogP contribution in [0.25, 0.3) is 0 Å². The highest BCUT2D eigenvalue weighted by molar-refractivity contribution is 6.08. The number of carboxylic acid groups (broad SMARTS) is 1. The number of anilines is 1. The van der Waals surface area contributed by atoms with Crippen molar-refractivity contribution in [3.63, 3.8) is 0 Å². The van der Waals surface area contributed by atoms with Crippen molar-refractivity contribution in [1.82, 2.24) is 10.2 Å². The van der Waals surface area contributed by atoms with E-state index in [0.29, 0.717) is 0 Å². The van der Waals surface area contributed by atoms with Gasteiger partial charge >= 0.3 is 12.1 Å². The number of carbonyl (C=O) groups is 1. The minimum atomic E-state index is -4.96. The summed E-state index contributed by atoms with van der Waals surface area (Å²) >= 11 is 0. The van der Waals surface area contributed by atoms with Gasteiger partial charge in [0.25, 0.3) is 0 Å². The van der Waals surface area contributed by atoms with E-state index in [1.54, 1.807) is 5.32 Å². The van der Waals surface area contributed by atoms with Gasteiger partial charge in [-0.25, -0.2) is 4.79 Å². The molecule has 9 heteroatoms. The molecule has 0 radical (unpaired) electrons. The van der Waals surface area contributed by atoms with Crippen LogP contribution < -0.4 is 5.32 Å². The van der Waals surface area contributed by atoms with Gasteiger partial charge < -0.3 is 15.8 Å². The molecule has 18 heavy (non-hydrogen) atoms. The molecule has 0 aliphatic carbocycles. The van der Waals surface area contributed by atoms with Gasteiger partial charge in [-0.1, -0.05) is 0 Å². The predicted molar refractivity (Wildman–Crippen MR) is 55.2 cm³/mol. The molecular formula is C9H7F3N4O2. The van der Waals surface area contributed by atoms with Crippen molar-refractivity contribution in [3.05, 3.63) is 29.6 Å². The largest absolute Gasteiger partial charge is 0.478 e. The van der Waals surface area contributed by atoms with Gasteiger partial charge in [0.05, 0.1) is 0 Å². The summed E-state index contributed by atoms with van der Waals surface area (Å²) in [5.41, 5.74) is -2.79. The molecule has 0 unspecified atom stereocenters. The fourth-order valence-electron chi connectivity index (χ4n) is 1.03. The van der Waals surface area contributed by atoms with Crippen LogP contribution in [0, 0.1) is 5.41 Å². The predicted octanol–water partition coefficient (Wildman–Crippen LogP) is 1.44. The zero-order chi connectivity index (χ0) is 13.8. The lowest BCUT2D eigenvalue weighted by Gasteiger charge is -2.14. The number of halogens is 3. The van der Waals surface area contributed by atoms with Crippen LogP contribution in [0.5, 0.6) is 0 Å². The zero-order valence-corrected chi connectivity index (χ0v) is 8.69. The number of rotatable bonds is 4. The number of allylic oxidation sites excluding steroid dienone is 1. The zero-order valence-electron chi connectivity index (χ0n) is 8.69. The van der Waals surface area contributed by atoms with Crippen LogP contribution in [0.15, 0.2) is 29.6 Å². The Balaban J connectivity index is 3.24. The van der Waals surface area contributed by atoms with E-state index in [4.69, 9.17) is 10.5 Å². The highest BCUT2D eigenvalue weighted by Crippen LogP contribution is 2.28. The quantitative estimate of drug-likeness (QED) is 0.562. The van der Waals surface area contributed by atoms with E-state index in [2.05, 4.69) is 10.2 Å². The van der Waals surface area contributed by atoms with E-state index < -0.39 is 23.4 Å². The van der Waals surface area contributed by atoms with Crippen LogP contribution in [0.1, 0.15) is 0 Å². The lowest BCUT2D eigenvalue weighted by atomic mass is 10.2. The third-order valence-electron chi connectivity index (χ3n) is 1.75. The molecule has 1 rings (SSSR count). The van der Waals surface area contributed by atoms with Crippen molar-refractivity contribution in [2.24, 2.45) is 0 Å². The molecule has 0 bridgehead atoms. The molecule has 0 spiro atoms. The second-order valence-corrected chi connectivity index (χ2v) is 2.97. The number of nitrogens with one attached hydrogen (secondary N) is 2. The van der Waals surface area contributed by atoms with Crippen molar-refractivity contribution in [2.75, 3.05) is 5.32 Å². The van der Waals surface area contributed by atoms with Gasteiger partial charge in [-0.3, -0.25) is 0 Å². The average molecular weight is 260 g/mol. The van der Waals surface area contributed by atoms with Crippen molar-refractivity contribution in [1.29, 1.82) is 5.41 Å². The first-order chi connectivity index (χ1) is 8.36. The summed E-state index contributed by atoms with van der Waals surface area (Å²) in [6.45, 7) is 0. The summed E-state index contributed by atoms with van der Waals surface area (Å²) in [7, 11) is 0. The van der Waals surface area contributed by atoms with E-state index in [1.807, 2.05) is 0 Å². The molecule has 6 nitrogen and oxygen atoms in total. The van der Waals surface area contributed by atoms with Gasteiger partial charge in [-0.15, -0.1) is 5.10 Å². The molecule has 96 valence electrons. The Bertz CT molecular complexity index is 484. The first-order valence-electron chi connectivity index (χ1n) is 4.46. The molecule has 0 aliphatic rings. The van der Waals surface area contributed by atoms with E-state index in [1.165, 1.54) is 18.3 Å². The highest BCUT2D eigenvalue weighted by atomic mass is 19.4. The van der Waals surface area contributed by atoms with Gasteiger partial charge in [0.15, 0.2) is 5.82 Å². The monoisotopic (exact) mass is 260 g/mol. The smallest absolute Gasteiger partial charge is 0.432 e. The van der Waals surface area contributed by atoms with Crippen molar-refractivity contribution >= 4 is 18.0 Å². The molecule has 0 aromatic carbocycles. The standard InChI is InChI=1S/C9H7F3N4O2/c10-9(11,12)7(5(4-13)8(17)18)15-6-2-1-3-14-16-6/h1-4,13H,(H,15,16)(H,17,18)/b7-5+,13-4?. The van der Waals surface area contributed by atoms with Crippen LogP contribution in [-0.2, 0) is 4.79 Å². The van der Waals surface area contributed by atoms with Crippen LogP contribution >= 0.6 is 0 Å². The number of hydrogen-bond donors (Lipinski definition) is 3. The molecular weight excluding hydrogens is 253 g/mol. The number of alkyl halides is 3. The number of hydrogen-bond acceptors (Lipinski definition) is 5. The minimum absolute atomic E-state index is 0.106. The van der Waals surface area contributed by atoms with Crippen molar-refractivity contribution in [2.45, 2.75) is 6.18 Å². The Kier molecular flexibility index (Phi) is 3.97. The summed E-state index contributed by atoms with van der Waals surface area (Å²) < 4.78 is 38.0. The third-order valence-corrected chi connectivity index (χ3v) is 1.75. The molecule has 0 atom stereocenters. The van der Waals surface area contributed by atoms with Crippen LogP contribution in [-0.4, -0.2) is 33.7 Å². The molecule has 3 N–H and O–H groups in total. The van der Waals surface area contributed by atoms with Crippen molar-refractivity contribution < 1.29 is 23.1 Å². The summed E-state index contributed by atoms with van der Waals surface area (Å²) in [4.78, 5) is 10.6. The Morgan fingerprint density at radius 3 is 2.56 bits per heavy atom. The SMILES string of the molecule is N=C/C(C(=O)O)=C(\Nc1cccnn1)C(F)(F)F. The second-order valence-electron chi connectivity index (χ2n) is 2.97. The summed E-state index contributed by atoms with van der Waals surface area (Å²) in [6, 6.07) is 2.51. The fraction of sp³-hybridized carbons (Fsp3) is 0.111. The summed E-state index contributed by atoms with van der Waals surface area (Å²) in [5, 5.41) is 23.8. The van der Waals surface area contributed by atoms with E-state index >= 15 is 0 Å². The minimum Gasteiger partial charge on any atom is -0.478 e. The molecule has 0 saturated heterocycles. The lowest BCUT2D eigenvalue weighted by molar-refractivity contribution is -0.133. The first kappa shape index (κ1) is 13.6. The molecule has 0 amide bonds. The maximum absolute atomic E-state index is 12.7. The highest BCUT2D eigenvalue weighted by Gasteiger charge is 2.38. The maximum Gasteiger partial charge on any atom is 0.432 e. The summed E-state index contributed by atoms with van der Waals surface area (Å²) in [5.74, 6) is -2.14. The molecule has 0 aliphatic heterocycles. The Morgan fingerprint density at radius 2 is 2.17 bits per heavy atom. The van der Waals surface area contributed by atoms with Crippen LogP contribution in [0.2, 0.25) is 0 Å².